The Morgan fingerprint density at radius 3 is 2.36 bits per heavy atom. The van der Waals surface area contributed by atoms with Crippen LogP contribution in [0, 0.1) is 12.7 Å². The van der Waals surface area contributed by atoms with Gasteiger partial charge in [-0.25, -0.2) is 19.2 Å². The quantitative estimate of drug-likeness (QED) is 0.496. The summed E-state index contributed by atoms with van der Waals surface area (Å²) in [4.78, 5) is 20.7. The van der Waals surface area contributed by atoms with E-state index in [0.717, 1.165) is 18.1 Å². The maximum atomic E-state index is 13.6. The first-order chi connectivity index (χ1) is 13.5. The minimum Gasteiger partial charge on any atom is -0.370 e. The molecule has 1 heterocycles. The summed E-state index contributed by atoms with van der Waals surface area (Å²) in [5.74, 6) is 1.58. The summed E-state index contributed by atoms with van der Waals surface area (Å²) >= 11 is 0. The van der Waals surface area contributed by atoms with Crippen LogP contribution in [0.2, 0.25) is 0 Å². The normalized spacial score (nSPS) is 10.2. The number of amides is 2. The maximum absolute atomic E-state index is 13.6. The van der Waals surface area contributed by atoms with Gasteiger partial charge in [0.25, 0.3) is 0 Å². The van der Waals surface area contributed by atoms with E-state index in [0.29, 0.717) is 17.3 Å². The standard InChI is InChI=1S/C20H21FN6O/c1-3-22-18-12-19(24-13(2)23-18)25-14-8-10-15(11-9-14)26-20(28)27-17-7-5-4-6-16(17)21/h4-12H,3H2,1-2H3,(H2,26,27,28)(H2,22,23,24,25). The Bertz CT molecular complexity index is 961. The molecule has 0 atom stereocenters. The zero-order valence-electron chi connectivity index (χ0n) is 15.6. The second-order valence-corrected chi connectivity index (χ2v) is 5.98. The average Bonchev–Trinajstić information content (AvgIpc) is 2.65. The molecule has 0 aliphatic heterocycles. The summed E-state index contributed by atoms with van der Waals surface area (Å²) in [5, 5.41) is 11.5. The third-order valence-corrected chi connectivity index (χ3v) is 3.73. The molecule has 0 radical (unpaired) electrons. The van der Waals surface area contributed by atoms with Crippen LogP contribution in [0.25, 0.3) is 0 Å². The molecule has 144 valence electrons. The molecule has 0 spiro atoms. The molecule has 3 rings (SSSR count). The summed E-state index contributed by atoms with van der Waals surface area (Å²) in [6.45, 7) is 4.59. The van der Waals surface area contributed by atoms with Crippen LogP contribution in [0.5, 0.6) is 0 Å². The summed E-state index contributed by atoms with van der Waals surface area (Å²) < 4.78 is 13.6. The first-order valence-corrected chi connectivity index (χ1v) is 8.82. The number of hydrogen-bond donors (Lipinski definition) is 4. The number of carbonyl (C=O) groups excluding carboxylic acids is 1. The van der Waals surface area contributed by atoms with Gasteiger partial charge in [0.05, 0.1) is 5.69 Å². The van der Waals surface area contributed by atoms with Crippen LogP contribution in [0.4, 0.5) is 37.9 Å². The SMILES string of the molecule is CCNc1cc(Nc2ccc(NC(=O)Nc3ccccc3F)cc2)nc(C)n1. The van der Waals surface area contributed by atoms with E-state index in [1.54, 1.807) is 24.3 Å². The maximum Gasteiger partial charge on any atom is 0.323 e. The highest BCUT2D eigenvalue weighted by Gasteiger charge is 2.07. The van der Waals surface area contributed by atoms with Gasteiger partial charge in [-0.15, -0.1) is 0 Å². The van der Waals surface area contributed by atoms with Crippen molar-refractivity contribution in [3.8, 4) is 0 Å². The lowest BCUT2D eigenvalue weighted by Gasteiger charge is -2.11. The van der Waals surface area contributed by atoms with Crippen molar-refractivity contribution in [3.63, 3.8) is 0 Å². The molecule has 0 saturated carbocycles. The topological polar surface area (TPSA) is 91.0 Å². The van der Waals surface area contributed by atoms with Gasteiger partial charge in [0.15, 0.2) is 0 Å². The Hall–Kier alpha value is -3.68. The van der Waals surface area contributed by atoms with E-state index in [2.05, 4.69) is 31.2 Å². The largest absolute Gasteiger partial charge is 0.370 e. The molecule has 2 amide bonds. The fourth-order valence-electron chi connectivity index (χ4n) is 2.54. The van der Waals surface area contributed by atoms with E-state index < -0.39 is 11.8 Å². The van der Waals surface area contributed by atoms with Gasteiger partial charge in [-0.05, 0) is 50.2 Å². The van der Waals surface area contributed by atoms with Crippen molar-refractivity contribution in [1.29, 1.82) is 0 Å². The Labute approximate surface area is 162 Å². The minimum atomic E-state index is -0.521. The molecule has 3 aromatic rings. The number of aromatic nitrogens is 2. The summed E-state index contributed by atoms with van der Waals surface area (Å²) in [6.07, 6.45) is 0. The Kier molecular flexibility index (Phi) is 6.01. The second-order valence-electron chi connectivity index (χ2n) is 5.98. The summed E-state index contributed by atoms with van der Waals surface area (Å²) in [5.41, 5.74) is 1.50. The highest BCUT2D eigenvalue weighted by molar-refractivity contribution is 5.99. The number of urea groups is 1. The van der Waals surface area contributed by atoms with Gasteiger partial charge in [-0.2, -0.15) is 0 Å². The predicted molar refractivity (Wildman–Crippen MR) is 110 cm³/mol. The van der Waals surface area contributed by atoms with Gasteiger partial charge in [0.1, 0.15) is 23.3 Å². The second kappa shape index (κ2) is 8.81. The molecule has 7 nitrogen and oxygen atoms in total. The average molecular weight is 380 g/mol. The first-order valence-electron chi connectivity index (χ1n) is 8.82. The van der Waals surface area contributed by atoms with Crippen molar-refractivity contribution in [3.05, 3.63) is 66.2 Å². The molecule has 2 aromatic carbocycles. The van der Waals surface area contributed by atoms with Crippen LogP contribution < -0.4 is 21.3 Å². The van der Waals surface area contributed by atoms with E-state index in [4.69, 9.17) is 0 Å². The smallest absolute Gasteiger partial charge is 0.323 e. The van der Waals surface area contributed by atoms with Gasteiger partial charge in [0, 0.05) is 24.0 Å². The summed E-state index contributed by atoms with van der Waals surface area (Å²) in [6, 6.07) is 14.4. The monoisotopic (exact) mass is 380 g/mol. The van der Waals surface area contributed by atoms with Crippen molar-refractivity contribution >= 4 is 34.7 Å². The molecule has 0 fully saturated rings. The molecule has 0 aliphatic carbocycles. The zero-order valence-corrected chi connectivity index (χ0v) is 15.6. The van der Waals surface area contributed by atoms with E-state index >= 15 is 0 Å². The van der Waals surface area contributed by atoms with Crippen LogP contribution in [-0.4, -0.2) is 22.5 Å². The van der Waals surface area contributed by atoms with Gasteiger partial charge in [-0.3, -0.25) is 0 Å². The highest BCUT2D eigenvalue weighted by atomic mass is 19.1. The lowest BCUT2D eigenvalue weighted by atomic mass is 10.2. The Balaban J connectivity index is 1.62. The molecule has 0 unspecified atom stereocenters. The number of hydrogen-bond acceptors (Lipinski definition) is 5. The van der Waals surface area contributed by atoms with E-state index in [-0.39, 0.29) is 5.69 Å². The third kappa shape index (κ3) is 5.16. The molecule has 8 heteroatoms. The number of halogens is 1. The highest BCUT2D eigenvalue weighted by Crippen LogP contribution is 2.20. The fraction of sp³-hybridized carbons (Fsp3) is 0.150. The molecule has 0 aliphatic rings. The Morgan fingerprint density at radius 1 is 0.964 bits per heavy atom. The number of benzene rings is 2. The van der Waals surface area contributed by atoms with Crippen molar-refractivity contribution in [1.82, 2.24) is 9.97 Å². The van der Waals surface area contributed by atoms with Crippen molar-refractivity contribution in [2.45, 2.75) is 13.8 Å². The third-order valence-electron chi connectivity index (χ3n) is 3.73. The number of nitrogens with zero attached hydrogens (tertiary/aromatic N) is 2. The van der Waals surface area contributed by atoms with E-state index in [1.165, 1.54) is 12.1 Å². The van der Waals surface area contributed by atoms with Gasteiger partial charge < -0.3 is 21.3 Å². The molecular weight excluding hydrogens is 359 g/mol. The van der Waals surface area contributed by atoms with Gasteiger partial charge in [0.2, 0.25) is 0 Å². The lowest BCUT2D eigenvalue weighted by Crippen LogP contribution is -2.20. The van der Waals surface area contributed by atoms with Crippen LogP contribution in [0.3, 0.4) is 0 Å². The molecule has 0 bridgehead atoms. The number of carbonyl (C=O) groups is 1. The molecule has 4 N–H and O–H groups in total. The van der Waals surface area contributed by atoms with Crippen LogP contribution >= 0.6 is 0 Å². The molecule has 28 heavy (non-hydrogen) atoms. The first kappa shape index (κ1) is 19.1. The number of aryl methyl sites for hydroxylation is 1. The van der Waals surface area contributed by atoms with Gasteiger partial charge >= 0.3 is 6.03 Å². The number of anilines is 5. The van der Waals surface area contributed by atoms with E-state index in [1.807, 2.05) is 32.0 Å². The minimum absolute atomic E-state index is 0.119. The number of nitrogens with one attached hydrogen (secondary N) is 4. The lowest BCUT2D eigenvalue weighted by molar-refractivity contribution is 0.262. The number of rotatable bonds is 6. The molecular formula is C20H21FN6O. The predicted octanol–water partition coefficient (Wildman–Crippen LogP) is 4.74. The van der Waals surface area contributed by atoms with Crippen molar-refractivity contribution < 1.29 is 9.18 Å². The van der Waals surface area contributed by atoms with E-state index in [9.17, 15) is 9.18 Å². The van der Waals surface area contributed by atoms with Crippen molar-refractivity contribution in [2.24, 2.45) is 0 Å². The van der Waals surface area contributed by atoms with Crippen LogP contribution in [0.15, 0.2) is 54.6 Å². The Morgan fingerprint density at radius 2 is 1.64 bits per heavy atom. The molecule has 0 saturated heterocycles. The van der Waals surface area contributed by atoms with Gasteiger partial charge in [-0.1, -0.05) is 12.1 Å². The summed E-state index contributed by atoms with van der Waals surface area (Å²) in [7, 11) is 0. The molecule has 1 aromatic heterocycles. The zero-order chi connectivity index (χ0) is 19.9. The van der Waals surface area contributed by atoms with Crippen LogP contribution in [0.1, 0.15) is 12.7 Å². The fourth-order valence-corrected chi connectivity index (χ4v) is 2.54. The van der Waals surface area contributed by atoms with Crippen molar-refractivity contribution in [2.75, 3.05) is 27.8 Å². The number of para-hydroxylation sites is 1. The van der Waals surface area contributed by atoms with Crippen LogP contribution in [-0.2, 0) is 0 Å².